The fourth-order valence-corrected chi connectivity index (χ4v) is 6.02. The van der Waals surface area contributed by atoms with Gasteiger partial charge in [-0.1, -0.05) is 152 Å². The molecule has 0 aromatic carbocycles. The molecule has 0 fully saturated rings. The number of amides is 1. The fraction of sp³-hybridized carbons (Fsp3) is 0.732. The standard InChI is InChI=1S/C41H75N2O6P/c1-3-5-7-9-11-13-14-15-16-17-18-19-20-21-22-23-24-25-26-27-29-31-33-35-41(45)43-39(38-49-50(46,47)48-37-36-42)40(44)34-32-30-28-12-10-8-6-4-2/h10,12,14-15,17-18,20-21,32,34,39-40,44H,3-9,11,13,16,19,22-31,33,35-38,42H2,1-2H3,(H,43,45)(H,46,47)/b12-10+,15-14-,18-17-,21-20-,34-32+. The predicted octanol–water partition coefficient (Wildman–Crippen LogP) is 10.7. The third-order valence-corrected chi connectivity index (χ3v) is 9.30. The number of unbranched alkanes of at least 4 members (excludes halogenated alkanes) is 16. The van der Waals surface area contributed by atoms with E-state index in [1.54, 1.807) is 6.08 Å². The number of allylic oxidation sites excluding steroid dienone is 9. The number of aliphatic hydroxyl groups excluding tert-OH is 1. The van der Waals surface area contributed by atoms with E-state index in [0.717, 1.165) is 64.2 Å². The molecule has 0 spiro atoms. The van der Waals surface area contributed by atoms with E-state index in [-0.39, 0.29) is 25.7 Å². The van der Waals surface area contributed by atoms with Gasteiger partial charge in [-0.05, 0) is 64.2 Å². The number of hydrogen-bond acceptors (Lipinski definition) is 6. The Morgan fingerprint density at radius 1 is 0.660 bits per heavy atom. The van der Waals surface area contributed by atoms with Crippen molar-refractivity contribution in [2.45, 2.75) is 174 Å². The zero-order chi connectivity index (χ0) is 36.8. The molecule has 0 aromatic heterocycles. The van der Waals surface area contributed by atoms with Crippen LogP contribution in [0.2, 0.25) is 0 Å². The number of phosphoric acid groups is 1. The minimum absolute atomic E-state index is 0.0697. The highest BCUT2D eigenvalue weighted by Crippen LogP contribution is 2.43. The van der Waals surface area contributed by atoms with Crippen molar-refractivity contribution in [1.29, 1.82) is 0 Å². The van der Waals surface area contributed by atoms with E-state index in [4.69, 9.17) is 14.8 Å². The molecule has 290 valence electrons. The molecule has 9 heteroatoms. The van der Waals surface area contributed by atoms with Crippen molar-refractivity contribution in [3.05, 3.63) is 60.8 Å². The Morgan fingerprint density at radius 3 is 1.74 bits per heavy atom. The lowest BCUT2D eigenvalue weighted by atomic mass is 10.1. The number of carbonyl (C=O) groups excluding carboxylic acids is 1. The molecule has 8 nitrogen and oxygen atoms in total. The van der Waals surface area contributed by atoms with Gasteiger partial charge in [-0.2, -0.15) is 0 Å². The summed E-state index contributed by atoms with van der Waals surface area (Å²) >= 11 is 0. The summed E-state index contributed by atoms with van der Waals surface area (Å²) in [4.78, 5) is 22.5. The second kappa shape index (κ2) is 37.0. The highest BCUT2D eigenvalue weighted by Gasteiger charge is 2.26. The molecule has 1 amide bonds. The van der Waals surface area contributed by atoms with E-state index in [1.165, 1.54) is 77.0 Å². The van der Waals surface area contributed by atoms with Crippen LogP contribution in [-0.2, 0) is 18.4 Å². The van der Waals surface area contributed by atoms with E-state index in [1.807, 2.05) is 6.08 Å². The Hall–Kier alpha value is -1.80. The minimum Gasteiger partial charge on any atom is -0.387 e. The first-order valence-corrected chi connectivity index (χ1v) is 21.4. The van der Waals surface area contributed by atoms with Crippen LogP contribution in [0, 0.1) is 0 Å². The van der Waals surface area contributed by atoms with Crippen LogP contribution in [0.1, 0.15) is 162 Å². The molecular formula is C41H75N2O6P. The maximum absolute atomic E-state index is 12.7. The molecule has 50 heavy (non-hydrogen) atoms. The van der Waals surface area contributed by atoms with Crippen molar-refractivity contribution in [2.75, 3.05) is 19.8 Å². The summed E-state index contributed by atoms with van der Waals surface area (Å²) in [7, 11) is -4.34. The van der Waals surface area contributed by atoms with Crippen LogP contribution in [0.3, 0.4) is 0 Å². The summed E-state index contributed by atoms with van der Waals surface area (Å²) in [6, 6.07) is -0.880. The topological polar surface area (TPSA) is 131 Å². The lowest BCUT2D eigenvalue weighted by Gasteiger charge is -2.23. The number of nitrogens with two attached hydrogens (primary N) is 1. The number of rotatable bonds is 36. The van der Waals surface area contributed by atoms with E-state index >= 15 is 0 Å². The SMILES string of the molecule is CCCC/C=C/CC/C=C/C(O)C(COP(=O)(O)OCCN)NC(=O)CCCCCCCCCC/C=C\C/C=C\C/C=C\CCCCCCC. The summed E-state index contributed by atoms with van der Waals surface area (Å²) in [5, 5.41) is 13.5. The van der Waals surface area contributed by atoms with E-state index < -0.39 is 20.0 Å². The normalized spacial score (nSPS) is 14.9. The Kier molecular flexibility index (Phi) is 35.6. The quantitative estimate of drug-likeness (QED) is 0.0288. The van der Waals surface area contributed by atoms with Crippen molar-refractivity contribution < 1.29 is 28.4 Å². The maximum Gasteiger partial charge on any atom is 0.472 e. The van der Waals surface area contributed by atoms with Gasteiger partial charge in [0.15, 0.2) is 0 Å². The van der Waals surface area contributed by atoms with Gasteiger partial charge in [0.2, 0.25) is 5.91 Å². The summed E-state index contributed by atoms with van der Waals surface area (Å²) in [6.45, 7) is 3.99. The van der Waals surface area contributed by atoms with Gasteiger partial charge in [0.05, 0.1) is 25.4 Å². The predicted molar refractivity (Wildman–Crippen MR) is 212 cm³/mol. The second-order valence-electron chi connectivity index (χ2n) is 13.1. The monoisotopic (exact) mass is 723 g/mol. The number of hydrogen-bond donors (Lipinski definition) is 4. The summed E-state index contributed by atoms with van der Waals surface area (Å²) < 4.78 is 21.9. The Balaban J connectivity index is 4.13. The lowest BCUT2D eigenvalue weighted by molar-refractivity contribution is -0.123. The molecule has 0 bridgehead atoms. The van der Waals surface area contributed by atoms with Gasteiger partial charge in [0, 0.05) is 13.0 Å². The van der Waals surface area contributed by atoms with Crippen molar-refractivity contribution >= 4 is 13.7 Å². The van der Waals surface area contributed by atoms with Crippen LogP contribution < -0.4 is 11.1 Å². The van der Waals surface area contributed by atoms with Crippen LogP contribution in [0.4, 0.5) is 0 Å². The number of aliphatic hydroxyl groups is 1. The molecule has 0 saturated heterocycles. The third-order valence-electron chi connectivity index (χ3n) is 8.32. The zero-order valence-corrected chi connectivity index (χ0v) is 32.8. The van der Waals surface area contributed by atoms with Gasteiger partial charge in [0.1, 0.15) is 0 Å². The van der Waals surface area contributed by atoms with Crippen LogP contribution in [-0.4, -0.2) is 47.8 Å². The van der Waals surface area contributed by atoms with Gasteiger partial charge in [-0.15, -0.1) is 0 Å². The van der Waals surface area contributed by atoms with Crippen LogP contribution in [0.5, 0.6) is 0 Å². The highest BCUT2D eigenvalue weighted by molar-refractivity contribution is 7.47. The first kappa shape index (κ1) is 48.2. The average molecular weight is 723 g/mol. The maximum atomic E-state index is 12.7. The van der Waals surface area contributed by atoms with Crippen molar-refractivity contribution in [2.24, 2.45) is 5.73 Å². The van der Waals surface area contributed by atoms with Crippen molar-refractivity contribution in [3.8, 4) is 0 Å². The zero-order valence-electron chi connectivity index (χ0n) is 31.9. The van der Waals surface area contributed by atoms with Crippen molar-refractivity contribution in [1.82, 2.24) is 5.32 Å². The number of carbonyl (C=O) groups is 1. The molecule has 0 aromatic rings. The van der Waals surface area contributed by atoms with Gasteiger partial charge < -0.3 is 21.1 Å². The van der Waals surface area contributed by atoms with Crippen LogP contribution in [0.25, 0.3) is 0 Å². The average Bonchev–Trinajstić information content (AvgIpc) is 3.10. The van der Waals surface area contributed by atoms with Crippen molar-refractivity contribution in [3.63, 3.8) is 0 Å². The molecule has 0 heterocycles. The molecule has 3 unspecified atom stereocenters. The number of phosphoric ester groups is 1. The minimum atomic E-state index is -4.34. The second-order valence-corrected chi connectivity index (χ2v) is 14.6. The van der Waals surface area contributed by atoms with E-state index in [2.05, 4.69) is 67.8 Å². The van der Waals surface area contributed by atoms with Crippen LogP contribution in [0.15, 0.2) is 60.8 Å². The third kappa shape index (κ3) is 34.6. The first-order chi connectivity index (χ1) is 24.4. The summed E-state index contributed by atoms with van der Waals surface area (Å²) in [6.07, 6.45) is 45.7. The molecule has 3 atom stereocenters. The molecule has 5 N–H and O–H groups in total. The van der Waals surface area contributed by atoms with Gasteiger partial charge in [0.25, 0.3) is 0 Å². The van der Waals surface area contributed by atoms with Gasteiger partial charge in [-0.25, -0.2) is 4.57 Å². The van der Waals surface area contributed by atoms with E-state index in [9.17, 15) is 19.4 Å². The lowest BCUT2D eigenvalue weighted by Crippen LogP contribution is -2.45. The molecular weight excluding hydrogens is 647 g/mol. The number of nitrogens with one attached hydrogen (secondary N) is 1. The molecule has 0 radical (unpaired) electrons. The highest BCUT2D eigenvalue weighted by atomic mass is 31.2. The van der Waals surface area contributed by atoms with Gasteiger partial charge in [-0.3, -0.25) is 13.8 Å². The summed E-state index contributed by atoms with van der Waals surface area (Å²) in [5.41, 5.74) is 5.34. The Morgan fingerprint density at radius 2 is 1.14 bits per heavy atom. The van der Waals surface area contributed by atoms with E-state index in [0.29, 0.717) is 6.42 Å². The molecule has 0 saturated carbocycles. The Labute approximate surface area is 306 Å². The molecule has 0 aliphatic carbocycles. The molecule has 0 aliphatic heterocycles. The fourth-order valence-electron chi connectivity index (χ4n) is 5.26. The largest absolute Gasteiger partial charge is 0.472 e. The Bertz CT molecular complexity index is 965. The summed E-state index contributed by atoms with van der Waals surface area (Å²) in [5.74, 6) is -0.218. The van der Waals surface area contributed by atoms with Crippen LogP contribution >= 0.6 is 7.82 Å². The van der Waals surface area contributed by atoms with Gasteiger partial charge >= 0.3 is 7.82 Å². The first-order valence-electron chi connectivity index (χ1n) is 19.9. The molecule has 0 rings (SSSR count). The smallest absolute Gasteiger partial charge is 0.387 e. The molecule has 0 aliphatic rings.